The van der Waals surface area contributed by atoms with E-state index in [9.17, 15) is 21.0 Å². The van der Waals surface area contributed by atoms with E-state index in [1.54, 1.807) is 6.07 Å². The van der Waals surface area contributed by atoms with Gasteiger partial charge in [0.1, 0.15) is 12.1 Å². The van der Waals surface area contributed by atoms with Crippen molar-refractivity contribution in [3.8, 4) is 24.3 Å². The van der Waals surface area contributed by atoms with Crippen LogP contribution in [0.5, 0.6) is 0 Å². The lowest BCUT2D eigenvalue weighted by molar-refractivity contribution is 0.504. The van der Waals surface area contributed by atoms with Crippen LogP contribution in [0.15, 0.2) is 145 Å². The van der Waals surface area contributed by atoms with Crippen LogP contribution in [0.25, 0.3) is 33.1 Å². The molecule has 0 N–H and O–H groups in total. The summed E-state index contributed by atoms with van der Waals surface area (Å²) in [7, 11) is 0. The third-order valence-electron chi connectivity index (χ3n) is 12.8. The van der Waals surface area contributed by atoms with Gasteiger partial charge in [0.05, 0.1) is 63.2 Å². The lowest BCUT2D eigenvalue weighted by atomic mass is 9.66. The maximum absolute atomic E-state index is 11.0. The lowest BCUT2D eigenvalue weighted by Crippen LogP contribution is -2.39. The summed E-state index contributed by atoms with van der Waals surface area (Å²) in [6.45, 7) is 6.47. The number of fused-ring (bicyclic) bond motifs is 9. The molecule has 264 valence electrons. The van der Waals surface area contributed by atoms with E-state index in [0.717, 1.165) is 27.5 Å². The molecule has 4 unspecified atom stereocenters. The van der Waals surface area contributed by atoms with E-state index in [1.807, 2.05) is 67.6 Å². The first-order valence-corrected chi connectivity index (χ1v) is 18.9. The van der Waals surface area contributed by atoms with E-state index in [4.69, 9.17) is 0 Å². The number of nitrogens with zero attached hydrogens (tertiary/aromatic N) is 6. The van der Waals surface area contributed by atoms with Gasteiger partial charge < -0.3 is 9.47 Å². The molecule has 0 saturated heterocycles. The molecule has 10 rings (SSSR count). The van der Waals surface area contributed by atoms with Gasteiger partial charge in [-0.25, -0.2) is 0 Å². The summed E-state index contributed by atoms with van der Waals surface area (Å²) >= 11 is 0. The zero-order chi connectivity index (χ0) is 38.5. The van der Waals surface area contributed by atoms with Crippen molar-refractivity contribution < 1.29 is 0 Å². The summed E-state index contributed by atoms with van der Waals surface area (Å²) in [5, 5.41) is 45.6. The average molecular weight is 719 g/mol. The molecule has 3 aliphatic carbocycles. The van der Waals surface area contributed by atoms with Crippen LogP contribution in [0.3, 0.4) is 0 Å². The van der Waals surface area contributed by atoms with Gasteiger partial charge in [-0.2, -0.15) is 21.0 Å². The van der Waals surface area contributed by atoms with E-state index in [-0.39, 0.29) is 17.4 Å². The van der Waals surface area contributed by atoms with Crippen molar-refractivity contribution in [2.75, 3.05) is 4.90 Å². The first-order valence-electron chi connectivity index (χ1n) is 18.9. The van der Waals surface area contributed by atoms with E-state index in [0.29, 0.717) is 33.6 Å². The van der Waals surface area contributed by atoms with Crippen LogP contribution < -0.4 is 4.90 Å². The molecular weight excluding hydrogens is 685 g/mol. The molecule has 0 fully saturated rings. The minimum atomic E-state index is -1.10. The monoisotopic (exact) mass is 718 g/mol. The number of nitriles is 4. The Hall–Kier alpha value is -7.38. The number of hydrogen-bond acceptors (Lipinski definition) is 5. The fourth-order valence-corrected chi connectivity index (χ4v) is 10.2. The van der Waals surface area contributed by atoms with E-state index in [1.165, 1.54) is 27.8 Å². The van der Waals surface area contributed by atoms with Crippen LogP contribution in [-0.4, -0.2) is 10.6 Å². The van der Waals surface area contributed by atoms with Gasteiger partial charge in [0, 0.05) is 33.2 Å². The van der Waals surface area contributed by atoms with Crippen LogP contribution >= 0.6 is 0 Å². The first kappa shape index (κ1) is 33.2. The van der Waals surface area contributed by atoms with Crippen molar-refractivity contribution in [2.24, 2.45) is 5.92 Å². The van der Waals surface area contributed by atoms with Crippen molar-refractivity contribution in [3.63, 3.8) is 0 Å². The summed E-state index contributed by atoms with van der Waals surface area (Å²) in [6, 6.07) is 46.5. The van der Waals surface area contributed by atoms with Crippen molar-refractivity contribution in [1.29, 1.82) is 21.0 Å². The standard InChI is InChI=1S/C50H34N6/c1-49(2)40-16-8-4-12-34(40)38-20-21-39-37-15-7-11-19-44(37)56(48(39)47(38)49)45-23-30(26-51)41(22-31(45)27-52)50(3)25-32(28-53)46(24-33(50)29-54)55-42-17-9-5-13-35(42)36-14-6-10-18-43(36)55/h4-25,33,39,48H,1-3H3. The minimum Gasteiger partial charge on any atom is -0.332 e. The third-order valence-corrected chi connectivity index (χ3v) is 12.8. The highest BCUT2D eigenvalue weighted by Crippen LogP contribution is 2.59. The topological polar surface area (TPSA) is 103 Å². The number of benzene rings is 5. The number of anilines is 2. The maximum atomic E-state index is 11.0. The van der Waals surface area contributed by atoms with Crippen molar-refractivity contribution in [3.05, 3.63) is 178 Å². The minimum absolute atomic E-state index is 0.0413. The van der Waals surface area contributed by atoms with Crippen LogP contribution in [-0.2, 0) is 10.8 Å². The summed E-state index contributed by atoms with van der Waals surface area (Å²) in [6.07, 6.45) is 8.26. The van der Waals surface area contributed by atoms with Crippen molar-refractivity contribution >= 4 is 44.5 Å². The van der Waals surface area contributed by atoms with E-state index in [2.05, 4.69) is 114 Å². The molecule has 5 aromatic carbocycles. The van der Waals surface area contributed by atoms with Gasteiger partial charge in [-0.1, -0.05) is 118 Å². The Kier molecular flexibility index (Phi) is 7.00. The van der Waals surface area contributed by atoms with Gasteiger partial charge in [0.15, 0.2) is 0 Å². The number of rotatable bonds is 3. The van der Waals surface area contributed by atoms with Gasteiger partial charge in [-0.15, -0.1) is 0 Å². The Morgan fingerprint density at radius 3 is 2.02 bits per heavy atom. The first-order chi connectivity index (χ1) is 27.2. The van der Waals surface area contributed by atoms with Gasteiger partial charge >= 0.3 is 0 Å². The molecule has 6 heteroatoms. The second-order valence-corrected chi connectivity index (χ2v) is 15.9. The lowest BCUT2D eigenvalue weighted by Gasteiger charge is -2.40. The Morgan fingerprint density at radius 2 is 1.32 bits per heavy atom. The van der Waals surface area contributed by atoms with Crippen LogP contribution in [0.2, 0.25) is 0 Å². The zero-order valence-corrected chi connectivity index (χ0v) is 31.1. The molecule has 6 aromatic rings. The zero-order valence-electron chi connectivity index (χ0n) is 31.1. The Labute approximate surface area is 325 Å². The Balaban J connectivity index is 1.15. The van der Waals surface area contributed by atoms with Gasteiger partial charge in [0.2, 0.25) is 0 Å². The maximum Gasteiger partial charge on any atom is 0.101 e. The average Bonchev–Trinajstić information content (AvgIpc) is 3.83. The van der Waals surface area contributed by atoms with Crippen LogP contribution in [0.1, 0.15) is 60.1 Å². The molecule has 1 aromatic heterocycles. The SMILES string of the molecule is CC1(C)C2=C(C=CC3c4ccccc4N(c4cc(C#N)c(C5(C)C=C(C#N)C(n6c7ccccc7c7ccccc76)=CC5C#N)cc4C#N)C23)c2ccccc21. The van der Waals surface area contributed by atoms with Gasteiger partial charge in [-0.3, -0.25) is 0 Å². The summed E-state index contributed by atoms with van der Waals surface area (Å²) in [5.74, 6) is -0.718. The van der Waals surface area contributed by atoms with Gasteiger partial charge in [-0.05, 0) is 69.8 Å². The largest absolute Gasteiger partial charge is 0.332 e. The van der Waals surface area contributed by atoms with Crippen LogP contribution in [0, 0.1) is 51.2 Å². The third kappa shape index (κ3) is 4.28. The van der Waals surface area contributed by atoms with E-state index < -0.39 is 11.3 Å². The number of aromatic nitrogens is 1. The Bertz CT molecular complexity index is 2990. The normalized spacial score (nSPS) is 22.6. The predicted octanol–water partition coefficient (Wildman–Crippen LogP) is 10.9. The van der Waals surface area contributed by atoms with Crippen molar-refractivity contribution in [2.45, 2.75) is 43.6 Å². The molecular formula is C50H34N6. The molecule has 0 radical (unpaired) electrons. The molecule has 6 nitrogen and oxygen atoms in total. The highest BCUT2D eigenvalue weighted by Gasteiger charge is 2.51. The Morgan fingerprint density at radius 1 is 0.661 bits per heavy atom. The quantitative estimate of drug-likeness (QED) is 0.181. The number of hydrogen-bond donors (Lipinski definition) is 0. The summed E-state index contributed by atoms with van der Waals surface area (Å²) in [5.41, 5.74) is 10.7. The van der Waals surface area contributed by atoms with Crippen molar-refractivity contribution in [1.82, 2.24) is 4.57 Å². The fraction of sp³-hybridized carbons (Fsp3) is 0.160. The van der Waals surface area contributed by atoms with E-state index >= 15 is 0 Å². The highest BCUT2D eigenvalue weighted by molar-refractivity contribution is 6.11. The highest BCUT2D eigenvalue weighted by atomic mass is 15.2. The summed E-state index contributed by atoms with van der Waals surface area (Å²) < 4.78 is 2.06. The molecule has 2 heterocycles. The predicted molar refractivity (Wildman–Crippen MR) is 220 cm³/mol. The molecule has 0 saturated carbocycles. The smallest absolute Gasteiger partial charge is 0.101 e. The molecule has 4 atom stereocenters. The second-order valence-electron chi connectivity index (χ2n) is 15.9. The molecule has 56 heavy (non-hydrogen) atoms. The fourth-order valence-electron chi connectivity index (χ4n) is 10.2. The molecule has 0 bridgehead atoms. The molecule has 0 amide bonds. The second kappa shape index (κ2) is 11.8. The molecule has 0 spiro atoms. The molecule has 1 aliphatic heterocycles. The number of para-hydroxylation sites is 3. The van der Waals surface area contributed by atoms with Gasteiger partial charge in [0.25, 0.3) is 0 Å². The molecule has 4 aliphatic rings. The van der Waals surface area contributed by atoms with Crippen LogP contribution in [0.4, 0.5) is 11.4 Å². The number of allylic oxidation sites excluding steroid dienone is 6. The summed E-state index contributed by atoms with van der Waals surface area (Å²) in [4.78, 5) is 2.28.